The number of halogens is 2. The minimum Gasteiger partial charge on any atom is -0.481 e. The van der Waals surface area contributed by atoms with E-state index in [0.717, 1.165) is 0 Å². The van der Waals surface area contributed by atoms with E-state index < -0.39 is 11.9 Å². The number of carboxylic acid groups (broad SMARTS) is 1. The normalized spacial score (nSPS) is 17.6. The predicted molar refractivity (Wildman–Crippen MR) is 89.5 cm³/mol. The number of rotatable bonds is 3. The number of carboxylic acids is 1. The quantitative estimate of drug-likeness (QED) is 0.907. The van der Waals surface area contributed by atoms with Crippen molar-refractivity contribution in [2.24, 2.45) is 5.92 Å². The van der Waals surface area contributed by atoms with Gasteiger partial charge in [0.05, 0.1) is 22.9 Å². The number of aliphatic carboxylic acids is 1. The first-order valence-corrected chi connectivity index (χ1v) is 8.29. The molecular weight excluding hydrogens is 349 g/mol. The van der Waals surface area contributed by atoms with Crippen molar-refractivity contribution in [3.63, 3.8) is 0 Å². The second kappa shape index (κ2) is 6.84. The summed E-state index contributed by atoms with van der Waals surface area (Å²) in [6, 6.07) is 5.60. The molecule has 132 valence electrons. The highest BCUT2D eigenvalue weighted by Gasteiger charge is 2.31. The van der Waals surface area contributed by atoms with Crippen LogP contribution in [0.2, 0.25) is 5.15 Å². The van der Waals surface area contributed by atoms with E-state index in [4.69, 9.17) is 11.6 Å². The second-order valence-corrected chi connectivity index (χ2v) is 6.43. The van der Waals surface area contributed by atoms with Gasteiger partial charge in [0.15, 0.2) is 0 Å². The van der Waals surface area contributed by atoms with Crippen molar-refractivity contribution in [1.82, 2.24) is 14.7 Å². The zero-order chi connectivity index (χ0) is 18.1. The molecule has 0 aliphatic carbocycles. The summed E-state index contributed by atoms with van der Waals surface area (Å²) < 4.78 is 14.5. The highest BCUT2D eigenvalue weighted by Crippen LogP contribution is 2.27. The van der Waals surface area contributed by atoms with Crippen molar-refractivity contribution >= 4 is 23.5 Å². The number of carbonyl (C=O) groups is 2. The van der Waals surface area contributed by atoms with Gasteiger partial charge in [-0.05, 0) is 44.0 Å². The van der Waals surface area contributed by atoms with Crippen LogP contribution in [0, 0.1) is 18.7 Å². The lowest BCUT2D eigenvalue weighted by Crippen LogP contribution is -2.42. The Hall–Kier alpha value is -2.41. The van der Waals surface area contributed by atoms with Crippen LogP contribution >= 0.6 is 11.6 Å². The van der Waals surface area contributed by atoms with Crippen molar-refractivity contribution in [1.29, 1.82) is 0 Å². The van der Waals surface area contributed by atoms with Gasteiger partial charge < -0.3 is 10.0 Å². The molecule has 8 heteroatoms. The molecule has 0 radical (unpaired) electrons. The largest absolute Gasteiger partial charge is 0.481 e. The molecule has 0 spiro atoms. The number of aromatic nitrogens is 2. The van der Waals surface area contributed by atoms with Gasteiger partial charge in [0.25, 0.3) is 5.91 Å². The van der Waals surface area contributed by atoms with Gasteiger partial charge in [0, 0.05) is 13.1 Å². The van der Waals surface area contributed by atoms with Gasteiger partial charge in [-0.2, -0.15) is 5.10 Å². The number of amides is 1. The van der Waals surface area contributed by atoms with Crippen LogP contribution in [0.3, 0.4) is 0 Å². The highest BCUT2D eigenvalue weighted by molar-refractivity contribution is 6.33. The van der Waals surface area contributed by atoms with Gasteiger partial charge in [-0.15, -0.1) is 0 Å². The van der Waals surface area contributed by atoms with Gasteiger partial charge >= 0.3 is 5.97 Å². The third-order valence-corrected chi connectivity index (χ3v) is 4.70. The molecule has 0 saturated carbocycles. The summed E-state index contributed by atoms with van der Waals surface area (Å²) in [6.45, 7) is 2.31. The maximum atomic E-state index is 13.1. The molecule has 2 aromatic rings. The molecule has 1 aromatic heterocycles. The lowest BCUT2D eigenvalue weighted by molar-refractivity contribution is -0.143. The van der Waals surface area contributed by atoms with Crippen LogP contribution in [0.4, 0.5) is 4.39 Å². The SMILES string of the molecule is Cc1nn(-c2ccc(F)cc2)c(Cl)c1C(=O)N1CCCC(C(=O)O)C1. The first-order valence-electron chi connectivity index (χ1n) is 7.91. The molecule has 2 heterocycles. The molecule has 1 atom stereocenters. The van der Waals surface area contributed by atoms with Crippen LogP contribution in [0.25, 0.3) is 5.69 Å². The zero-order valence-corrected chi connectivity index (χ0v) is 14.3. The molecule has 1 amide bonds. The van der Waals surface area contributed by atoms with Gasteiger partial charge in [0.2, 0.25) is 0 Å². The Morgan fingerprint density at radius 3 is 2.64 bits per heavy atom. The number of hydrogen-bond acceptors (Lipinski definition) is 3. The summed E-state index contributed by atoms with van der Waals surface area (Å²) in [4.78, 5) is 25.5. The standard InChI is InChI=1S/C17H17ClFN3O3/c1-10-14(16(23)21-8-2-3-11(9-21)17(24)25)15(18)22(20-10)13-6-4-12(19)5-7-13/h4-7,11H,2-3,8-9H2,1H3,(H,24,25). The summed E-state index contributed by atoms with van der Waals surface area (Å²) in [5, 5.41) is 13.6. The fourth-order valence-electron chi connectivity index (χ4n) is 3.02. The number of nitrogens with zero attached hydrogens (tertiary/aromatic N) is 3. The van der Waals surface area contributed by atoms with Gasteiger partial charge in [-0.3, -0.25) is 9.59 Å². The highest BCUT2D eigenvalue weighted by atomic mass is 35.5. The van der Waals surface area contributed by atoms with Gasteiger partial charge in [-0.1, -0.05) is 11.6 Å². The van der Waals surface area contributed by atoms with E-state index >= 15 is 0 Å². The van der Waals surface area contributed by atoms with E-state index in [9.17, 15) is 19.1 Å². The molecule has 1 aliphatic rings. The van der Waals surface area contributed by atoms with E-state index in [1.54, 1.807) is 6.92 Å². The summed E-state index contributed by atoms with van der Waals surface area (Å²) in [5.41, 5.74) is 1.23. The Kier molecular flexibility index (Phi) is 4.76. The van der Waals surface area contributed by atoms with Crippen molar-refractivity contribution in [3.8, 4) is 5.69 Å². The van der Waals surface area contributed by atoms with Crippen molar-refractivity contribution in [2.75, 3.05) is 13.1 Å². The fraction of sp³-hybridized carbons (Fsp3) is 0.353. The smallest absolute Gasteiger partial charge is 0.308 e. The first-order chi connectivity index (χ1) is 11.9. The second-order valence-electron chi connectivity index (χ2n) is 6.07. The minimum atomic E-state index is -0.901. The zero-order valence-electron chi connectivity index (χ0n) is 13.6. The van der Waals surface area contributed by atoms with Crippen molar-refractivity contribution in [2.45, 2.75) is 19.8 Å². The van der Waals surface area contributed by atoms with Crippen LogP contribution in [0.15, 0.2) is 24.3 Å². The molecular formula is C17H17ClFN3O3. The van der Waals surface area contributed by atoms with Gasteiger partial charge in [0.1, 0.15) is 11.0 Å². The molecule has 3 rings (SSSR count). The molecule has 1 N–H and O–H groups in total. The maximum absolute atomic E-state index is 13.1. The van der Waals surface area contributed by atoms with Gasteiger partial charge in [-0.25, -0.2) is 9.07 Å². The molecule has 0 bridgehead atoms. The fourth-order valence-corrected chi connectivity index (χ4v) is 3.37. The minimum absolute atomic E-state index is 0.131. The number of benzene rings is 1. The van der Waals surface area contributed by atoms with Crippen LogP contribution in [-0.2, 0) is 4.79 Å². The van der Waals surface area contributed by atoms with Crippen LogP contribution in [0.5, 0.6) is 0 Å². The molecule has 1 fully saturated rings. The van der Waals surface area contributed by atoms with E-state index in [1.165, 1.54) is 33.8 Å². The van der Waals surface area contributed by atoms with Crippen molar-refractivity contribution < 1.29 is 19.1 Å². The third kappa shape index (κ3) is 3.37. The monoisotopic (exact) mass is 365 g/mol. The predicted octanol–water partition coefficient (Wildman–Crippen LogP) is 2.91. The Bertz CT molecular complexity index is 819. The summed E-state index contributed by atoms with van der Waals surface area (Å²) in [7, 11) is 0. The Labute approximate surface area is 148 Å². The van der Waals surface area contributed by atoms with Crippen LogP contribution < -0.4 is 0 Å². The summed E-state index contributed by atoms with van der Waals surface area (Å²) >= 11 is 6.36. The molecule has 6 nitrogen and oxygen atoms in total. The number of carbonyl (C=O) groups excluding carboxylic acids is 1. The Balaban J connectivity index is 1.91. The lowest BCUT2D eigenvalue weighted by atomic mass is 9.98. The number of likely N-dealkylation sites (tertiary alicyclic amines) is 1. The summed E-state index contributed by atoms with van der Waals surface area (Å²) in [5.74, 6) is -2.18. The van der Waals surface area contributed by atoms with E-state index in [0.29, 0.717) is 30.8 Å². The first kappa shape index (κ1) is 17.4. The Morgan fingerprint density at radius 1 is 1.32 bits per heavy atom. The van der Waals surface area contributed by atoms with E-state index in [-0.39, 0.29) is 29.0 Å². The van der Waals surface area contributed by atoms with Crippen LogP contribution in [-0.4, -0.2) is 44.8 Å². The molecule has 1 unspecified atom stereocenters. The molecule has 1 saturated heterocycles. The molecule has 1 aromatic carbocycles. The van der Waals surface area contributed by atoms with E-state index in [2.05, 4.69) is 5.10 Å². The number of piperidine rings is 1. The average molecular weight is 366 g/mol. The molecule has 1 aliphatic heterocycles. The summed E-state index contributed by atoms with van der Waals surface area (Å²) in [6.07, 6.45) is 1.19. The number of aryl methyl sites for hydroxylation is 1. The number of hydrogen-bond donors (Lipinski definition) is 1. The molecule has 25 heavy (non-hydrogen) atoms. The average Bonchev–Trinajstić information content (AvgIpc) is 2.89. The van der Waals surface area contributed by atoms with E-state index in [1.807, 2.05) is 0 Å². The third-order valence-electron chi connectivity index (χ3n) is 4.35. The van der Waals surface area contributed by atoms with Crippen LogP contribution in [0.1, 0.15) is 28.9 Å². The topological polar surface area (TPSA) is 75.4 Å². The Morgan fingerprint density at radius 2 is 2.00 bits per heavy atom. The maximum Gasteiger partial charge on any atom is 0.308 e. The van der Waals surface area contributed by atoms with Crippen molar-refractivity contribution in [3.05, 3.63) is 46.5 Å². The lowest BCUT2D eigenvalue weighted by Gasteiger charge is -2.30.